The number of nitrogens with one attached hydrogen (secondary N) is 2. The van der Waals surface area contributed by atoms with E-state index >= 15 is 0 Å². The van der Waals surface area contributed by atoms with Crippen molar-refractivity contribution in [3.05, 3.63) is 83.7 Å². The van der Waals surface area contributed by atoms with Gasteiger partial charge in [-0.25, -0.2) is 8.78 Å². The summed E-state index contributed by atoms with van der Waals surface area (Å²) in [6.45, 7) is 5.47. The largest absolute Gasteiger partial charge is 0.480 e. The molecule has 2 aromatic carbocycles. The maximum atomic E-state index is 15.0. The quantitative estimate of drug-likeness (QED) is 0.107. The minimum absolute atomic E-state index is 0.00546. The van der Waals surface area contributed by atoms with Gasteiger partial charge in [0, 0.05) is 54.9 Å². The van der Waals surface area contributed by atoms with Crippen LogP contribution in [0.1, 0.15) is 44.5 Å². The van der Waals surface area contributed by atoms with Gasteiger partial charge in [0.25, 0.3) is 0 Å². The van der Waals surface area contributed by atoms with Crippen molar-refractivity contribution < 1.29 is 38.2 Å². The van der Waals surface area contributed by atoms with Crippen molar-refractivity contribution in [2.75, 3.05) is 37.7 Å². The van der Waals surface area contributed by atoms with Crippen molar-refractivity contribution in [1.29, 1.82) is 0 Å². The Bertz CT molecular complexity index is 1620. The lowest BCUT2D eigenvalue weighted by Crippen LogP contribution is -2.48. The van der Waals surface area contributed by atoms with Gasteiger partial charge in [-0.1, -0.05) is 51.1 Å². The molecule has 12 nitrogen and oxygen atoms in total. The Morgan fingerprint density at radius 3 is 2.30 bits per heavy atom. The van der Waals surface area contributed by atoms with Gasteiger partial charge >= 0.3 is 5.97 Å². The summed E-state index contributed by atoms with van der Waals surface area (Å²) in [6.07, 6.45) is 1.74. The molecule has 0 saturated carbocycles. The van der Waals surface area contributed by atoms with Gasteiger partial charge in [0.2, 0.25) is 17.7 Å². The third kappa shape index (κ3) is 11.6. The lowest BCUT2D eigenvalue weighted by atomic mass is 9.82. The highest BCUT2D eigenvalue weighted by Crippen LogP contribution is 2.41. The molecule has 0 fully saturated rings. The summed E-state index contributed by atoms with van der Waals surface area (Å²) in [5, 5.41) is 24.1. The molecule has 50 heavy (non-hydrogen) atoms. The fraction of sp³-hybridized carbons (Fsp3) is 0.429. The Kier molecular flexibility index (Phi) is 14.9. The zero-order chi connectivity index (χ0) is 37.0. The molecule has 0 aliphatic heterocycles. The number of carboxylic acids is 1. The molecule has 3 aromatic rings. The number of aliphatic carboxylic acids is 1. The first-order chi connectivity index (χ1) is 23.6. The molecule has 3 rings (SSSR count). The van der Waals surface area contributed by atoms with Crippen LogP contribution < -0.4 is 22.1 Å². The van der Waals surface area contributed by atoms with Crippen LogP contribution in [-0.4, -0.2) is 93.2 Å². The highest BCUT2D eigenvalue weighted by molar-refractivity contribution is 8.00. The van der Waals surface area contributed by atoms with E-state index in [-0.39, 0.29) is 49.0 Å². The zero-order valence-electron chi connectivity index (χ0n) is 28.4. The van der Waals surface area contributed by atoms with E-state index in [0.717, 1.165) is 35.5 Å². The second-order valence-corrected chi connectivity index (χ2v) is 13.9. The predicted octanol–water partition coefficient (Wildman–Crippen LogP) is 2.48. The van der Waals surface area contributed by atoms with Crippen LogP contribution in [0.5, 0.6) is 0 Å². The number of hydrogen-bond donors (Lipinski definition) is 6. The van der Waals surface area contributed by atoms with E-state index in [2.05, 4.69) is 10.6 Å². The summed E-state index contributed by atoms with van der Waals surface area (Å²) >= 11 is 1.08. The standard InChI is InChI=1S/C35H46F2N6O6S/c1-35(2,3)32(29-15-23(25-16-24(36)9-10-26(25)37)18-42(29)17-22-7-5-4-6-8-22)43(31(46)19-44)14-11-27(38)33(47)41-13-12-40-30(45)21-50-20-28(39)34(48)49/h4-10,15-16,18,27-28,32,44H,11-14,17,19-21,38-39H2,1-3H3,(H,40,45)(H,41,47)(H,48,49)/t27?,28-,32?/m0/s1. The molecule has 8 N–H and O–H groups in total. The fourth-order valence-corrected chi connectivity index (χ4v) is 6.23. The van der Waals surface area contributed by atoms with Gasteiger partial charge in [0.05, 0.1) is 17.8 Å². The Balaban J connectivity index is 1.77. The van der Waals surface area contributed by atoms with Crippen molar-refractivity contribution >= 4 is 35.5 Å². The Morgan fingerprint density at radius 2 is 1.66 bits per heavy atom. The van der Waals surface area contributed by atoms with Crippen LogP contribution in [0.4, 0.5) is 8.78 Å². The van der Waals surface area contributed by atoms with E-state index in [1.165, 1.54) is 4.90 Å². The summed E-state index contributed by atoms with van der Waals surface area (Å²) in [7, 11) is 0. The first-order valence-corrected chi connectivity index (χ1v) is 17.2. The van der Waals surface area contributed by atoms with Crippen molar-refractivity contribution in [3.63, 3.8) is 0 Å². The van der Waals surface area contributed by atoms with Crippen LogP contribution in [0, 0.1) is 17.0 Å². The molecule has 2 unspecified atom stereocenters. The zero-order valence-corrected chi connectivity index (χ0v) is 29.2. The number of nitrogens with two attached hydrogens (primary N) is 2. The summed E-state index contributed by atoms with van der Waals surface area (Å²) in [4.78, 5) is 50.4. The summed E-state index contributed by atoms with van der Waals surface area (Å²) in [5.74, 6) is -3.75. The lowest BCUT2D eigenvalue weighted by molar-refractivity contribution is -0.140. The molecule has 3 atom stereocenters. The van der Waals surface area contributed by atoms with Crippen molar-refractivity contribution in [3.8, 4) is 11.1 Å². The Labute approximate surface area is 294 Å². The van der Waals surface area contributed by atoms with Crippen LogP contribution >= 0.6 is 11.8 Å². The molecule has 3 amide bonds. The topological polar surface area (TPSA) is 193 Å². The second-order valence-electron chi connectivity index (χ2n) is 12.9. The summed E-state index contributed by atoms with van der Waals surface area (Å²) in [5.41, 5.74) is 13.0. The summed E-state index contributed by atoms with van der Waals surface area (Å²) in [6, 6.07) is 11.6. The molecule has 15 heteroatoms. The van der Waals surface area contributed by atoms with Gasteiger partial charge in [-0.15, -0.1) is 11.8 Å². The number of hydrogen-bond acceptors (Lipinski definition) is 8. The number of halogens is 2. The number of amides is 3. The SMILES string of the molecule is CC(C)(C)C(c1cc(-c2cc(F)ccc2F)cn1Cc1ccccc1)N(CCC(N)C(=O)NCCNC(=O)CSC[C@H](N)C(=O)O)C(=O)CO. The number of aliphatic hydroxyl groups is 1. The molecule has 0 saturated heterocycles. The summed E-state index contributed by atoms with van der Waals surface area (Å²) < 4.78 is 31.1. The van der Waals surface area contributed by atoms with Gasteiger partial charge in [0.1, 0.15) is 24.3 Å². The van der Waals surface area contributed by atoms with Gasteiger partial charge in [-0.2, -0.15) is 0 Å². The molecule has 0 bridgehead atoms. The number of benzene rings is 2. The number of nitrogens with zero attached hydrogens (tertiary/aromatic N) is 2. The minimum Gasteiger partial charge on any atom is -0.480 e. The van der Waals surface area contributed by atoms with Crippen molar-refractivity contribution in [2.24, 2.45) is 16.9 Å². The maximum absolute atomic E-state index is 15.0. The molecule has 0 aliphatic carbocycles. The van der Waals surface area contributed by atoms with Gasteiger partial charge < -0.3 is 41.8 Å². The number of rotatable bonds is 18. The molecule has 0 radical (unpaired) electrons. The Morgan fingerprint density at radius 1 is 0.980 bits per heavy atom. The molecular weight excluding hydrogens is 670 g/mol. The first-order valence-electron chi connectivity index (χ1n) is 16.1. The third-order valence-corrected chi connectivity index (χ3v) is 8.91. The highest BCUT2D eigenvalue weighted by Gasteiger charge is 2.37. The number of carbonyl (C=O) groups is 4. The normalized spacial score (nSPS) is 13.3. The Hall–Kier alpha value is -4.31. The number of carbonyl (C=O) groups excluding carboxylic acids is 3. The average Bonchev–Trinajstić information content (AvgIpc) is 3.47. The maximum Gasteiger partial charge on any atom is 0.321 e. The van der Waals surface area contributed by atoms with Gasteiger partial charge in [0.15, 0.2) is 0 Å². The van der Waals surface area contributed by atoms with Crippen LogP contribution in [0.2, 0.25) is 0 Å². The average molecular weight is 717 g/mol. The van der Waals surface area contributed by atoms with E-state index in [1.54, 1.807) is 12.3 Å². The number of carboxylic acid groups (broad SMARTS) is 1. The molecule has 1 heterocycles. The smallest absolute Gasteiger partial charge is 0.321 e. The van der Waals surface area contributed by atoms with Crippen LogP contribution in [0.3, 0.4) is 0 Å². The second kappa shape index (κ2) is 18.6. The van der Waals surface area contributed by atoms with E-state index in [9.17, 15) is 33.1 Å². The molecule has 0 spiro atoms. The molecule has 272 valence electrons. The van der Waals surface area contributed by atoms with E-state index in [0.29, 0.717) is 17.8 Å². The van der Waals surface area contributed by atoms with E-state index < -0.39 is 59.6 Å². The van der Waals surface area contributed by atoms with Crippen LogP contribution in [0.15, 0.2) is 60.8 Å². The predicted molar refractivity (Wildman–Crippen MR) is 188 cm³/mol. The van der Waals surface area contributed by atoms with Crippen LogP contribution in [0.25, 0.3) is 11.1 Å². The molecule has 1 aromatic heterocycles. The number of aliphatic hydroxyl groups excluding tert-OH is 1. The van der Waals surface area contributed by atoms with Crippen LogP contribution in [-0.2, 0) is 25.7 Å². The molecule has 0 aliphatic rings. The number of aromatic nitrogens is 1. The van der Waals surface area contributed by atoms with Gasteiger partial charge in [-0.3, -0.25) is 19.2 Å². The molecular formula is C35H46F2N6O6S. The number of thioether (sulfide) groups is 1. The third-order valence-electron chi connectivity index (χ3n) is 7.84. The minimum atomic E-state index is -1.15. The van der Waals surface area contributed by atoms with Gasteiger partial charge in [-0.05, 0) is 41.7 Å². The van der Waals surface area contributed by atoms with E-state index in [4.69, 9.17) is 16.6 Å². The highest BCUT2D eigenvalue weighted by atomic mass is 32.2. The first kappa shape index (κ1) is 40.1. The fourth-order valence-electron chi connectivity index (χ4n) is 5.43. The monoisotopic (exact) mass is 716 g/mol. The van der Waals surface area contributed by atoms with E-state index in [1.807, 2.05) is 55.7 Å². The lowest BCUT2D eigenvalue weighted by Gasteiger charge is -2.41. The van der Waals surface area contributed by atoms with Crippen molar-refractivity contribution in [1.82, 2.24) is 20.1 Å². The van der Waals surface area contributed by atoms with Crippen molar-refractivity contribution in [2.45, 2.75) is 51.9 Å².